The van der Waals surface area contributed by atoms with Crippen LogP contribution in [0.2, 0.25) is 5.02 Å². The molecule has 0 amide bonds. The zero-order valence-electron chi connectivity index (χ0n) is 13.5. The van der Waals surface area contributed by atoms with Gasteiger partial charge in [0, 0.05) is 10.6 Å². The van der Waals surface area contributed by atoms with Crippen molar-refractivity contribution in [1.29, 1.82) is 0 Å². The van der Waals surface area contributed by atoms with Gasteiger partial charge in [-0.05, 0) is 44.2 Å². The fourth-order valence-corrected chi connectivity index (χ4v) is 2.39. The molecule has 0 saturated carbocycles. The van der Waals surface area contributed by atoms with E-state index in [-0.39, 0.29) is 6.10 Å². The second-order valence-corrected chi connectivity index (χ2v) is 5.96. The van der Waals surface area contributed by atoms with Crippen molar-refractivity contribution in [3.05, 3.63) is 59.4 Å². The van der Waals surface area contributed by atoms with Crippen molar-refractivity contribution in [3.8, 4) is 17.2 Å². The van der Waals surface area contributed by atoms with E-state index in [2.05, 4.69) is 15.5 Å². The summed E-state index contributed by atoms with van der Waals surface area (Å²) in [5.41, 5.74) is 1.68. The van der Waals surface area contributed by atoms with Crippen LogP contribution in [0.25, 0.3) is 11.5 Å². The van der Waals surface area contributed by atoms with E-state index in [1.54, 1.807) is 12.1 Å². The molecule has 0 atom stereocenters. The predicted molar refractivity (Wildman–Crippen MR) is 94.3 cm³/mol. The maximum absolute atomic E-state index is 5.99. The molecule has 0 aliphatic heterocycles. The molecule has 5 nitrogen and oxygen atoms in total. The van der Waals surface area contributed by atoms with E-state index in [0.29, 0.717) is 23.3 Å². The molecule has 0 aliphatic rings. The minimum Gasteiger partial charge on any atom is -0.489 e. The minimum absolute atomic E-state index is 0.103. The highest BCUT2D eigenvalue weighted by Crippen LogP contribution is 2.26. The number of ether oxygens (including phenoxy) is 1. The number of nitrogens with zero attached hydrogens (tertiary/aromatic N) is 2. The van der Waals surface area contributed by atoms with Gasteiger partial charge in [-0.2, -0.15) is 0 Å². The maximum Gasteiger partial charge on any atom is 0.247 e. The van der Waals surface area contributed by atoms with Crippen LogP contribution >= 0.6 is 11.6 Å². The monoisotopic (exact) mass is 343 g/mol. The normalized spacial score (nSPS) is 10.8. The van der Waals surface area contributed by atoms with Crippen LogP contribution in [0.15, 0.2) is 52.9 Å². The zero-order chi connectivity index (χ0) is 16.9. The molecular formula is C18H18ClN3O2. The first-order chi connectivity index (χ1) is 11.6. The van der Waals surface area contributed by atoms with Gasteiger partial charge in [-0.25, -0.2) is 0 Å². The summed E-state index contributed by atoms with van der Waals surface area (Å²) in [6, 6.07) is 15.1. The number of rotatable bonds is 6. The van der Waals surface area contributed by atoms with Crippen molar-refractivity contribution in [1.82, 2.24) is 10.2 Å². The van der Waals surface area contributed by atoms with Crippen LogP contribution in [-0.4, -0.2) is 16.3 Å². The van der Waals surface area contributed by atoms with E-state index >= 15 is 0 Å². The molecule has 6 heteroatoms. The highest BCUT2D eigenvalue weighted by atomic mass is 35.5. The lowest BCUT2D eigenvalue weighted by molar-refractivity contribution is 0.243. The Labute approximate surface area is 145 Å². The van der Waals surface area contributed by atoms with Gasteiger partial charge in [-0.15, -0.1) is 10.2 Å². The number of halogens is 1. The molecule has 1 N–H and O–H groups in total. The van der Waals surface area contributed by atoms with Crippen LogP contribution in [-0.2, 0) is 6.54 Å². The number of anilines is 1. The topological polar surface area (TPSA) is 60.2 Å². The van der Waals surface area contributed by atoms with Crippen LogP contribution in [0.1, 0.15) is 19.7 Å². The molecule has 0 spiro atoms. The number of aromatic nitrogens is 2. The second-order valence-electron chi connectivity index (χ2n) is 5.53. The zero-order valence-corrected chi connectivity index (χ0v) is 14.2. The van der Waals surface area contributed by atoms with Crippen molar-refractivity contribution < 1.29 is 9.15 Å². The van der Waals surface area contributed by atoms with Gasteiger partial charge in [0.25, 0.3) is 0 Å². The third-order valence-electron chi connectivity index (χ3n) is 3.22. The van der Waals surface area contributed by atoms with Gasteiger partial charge in [0.15, 0.2) is 0 Å². The van der Waals surface area contributed by atoms with E-state index in [1.165, 1.54) is 0 Å². The average Bonchev–Trinajstić information content (AvgIpc) is 3.02. The van der Waals surface area contributed by atoms with Crippen LogP contribution in [0.4, 0.5) is 5.69 Å². The van der Waals surface area contributed by atoms with Crippen LogP contribution in [0, 0.1) is 0 Å². The molecule has 1 aromatic heterocycles. The lowest BCUT2D eigenvalue weighted by atomic mass is 10.2. The summed E-state index contributed by atoms with van der Waals surface area (Å²) in [4.78, 5) is 0. The highest BCUT2D eigenvalue weighted by molar-refractivity contribution is 6.30. The van der Waals surface area contributed by atoms with Gasteiger partial charge in [0.1, 0.15) is 5.75 Å². The highest BCUT2D eigenvalue weighted by Gasteiger charge is 2.10. The van der Waals surface area contributed by atoms with E-state index < -0.39 is 0 Å². The number of nitrogens with one attached hydrogen (secondary N) is 1. The van der Waals surface area contributed by atoms with Gasteiger partial charge in [-0.3, -0.25) is 0 Å². The third kappa shape index (κ3) is 4.06. The first-order valence-corrected chi connectivity index (χ1v) is 8.07. The SMILES string of the molecule is CC(C)Oc1ccccc1NCc1nnc(-c2cccc(Cl)c2)o1. The summed E-state index contributed by atoms with van der Waals surface area (Å²) in [6.07, 6.45) is 0.103. The van der Waals surface area contributed by atoms with Crippen molar-refractivity contribution in [2.45, 2.75) is 26.5 Å². The number of hydrogen-bond acceptors (Lipinski definition) is 5. The predicted octanol–water partition coefficient (Wildman–Crippen LogP) is 4.79. The van der Waals surface area contributed by atoms with Gasteiger partial charge in [0.2, 0.25) is 11.8 Å². The van der Waals surface area contributed by atoms with Crippen LogP contribution in [0.5, 0.6) is 5.75 Å². The average molecular weight is 344 g/mol. The Morgan fingerprint density at radius 3 is 2.75 bits per heavy atom. The van der Waals surface area contributed by atoms with Gasteiger partial charge in [0.05, 0.1) is 18.3 Å². The summed E-state index contributed by atoms with van der Waals surface area (Å²) in [5, 5.41) is 12.0. The first-order valence-electron chi connectivity index (χ1n) is 7.69. The Balaban J connectivity index is 1.70. The van der Waals surface area contributed by atoms with E-state index in [9.17, 15) is 0 Å². The Bertz CT molecular complexity index is 817. The van der Waals surface area contributed by atoms with Crippen molar-refractivity contribution >= 4 is 17.3 Å². The molecule has 3 aromatic rings. The van der Waals surface area contributed by atoms with E-state index in [4.69, 9.17) is 20.8 Å². The Hall–Kier alpha value is -2.53. The number of para-hydroxylation sites is 2. The lowest BCUT2D eigenvalue weighted by Crippen LogP contribution is -2.08. The van der Waals surface area contributed by atoms with Crippen molar-refractivity contribution in [2.24, 2.45) is 0 Å². The fourth-order valence-electron chi connectivity index (χ4n) is 2.20. The quantitative estimate of drug-likeness (QED) is 0.697. The molecule has 2 aromatic carbocycles. The summed E-state index contributed by atoms with van der Waals surface area (Å²) in [5.74, 6) is 1.73. The minimum atomic E-state index is 0.103. The molecular weight excluding hydrogens is 326 g/mol. The summed E-state index contributed by atoms with van der Waals surface area (Å²) < 4.78 is 11.5. The molecule has 0 fully saturated rings. The third-order valence-corrected chi connectivity index (χ3v) is 3.45. The van der Waals surface area contributed by atoms with Crippen LogP contribution in [0.3, 0.4) is 0 Å². The summed E-state index contributed by atoms with van der Waals surface area (Å²) in [7, 11) is 0. The standard InChI is InChI=1S/C18H18ClN3O2/c1-12(2)23-16-9-4-3-8-15(16)20-11-17-21-22-18(24-17)13-6-5-7-14(19)10-13/h3-10,12,20H,11H2,1-2H3. The van der Waals surface area contributed by atoms with Gasteiger partial charge >= 0.3 is 0 Å². The Morgan fingerprint density at radius 2 is 1.96 bits per heavy atom. The molecule has 0 saturated heterocycles. The maximum atomic E-state index is 5.99. The summed E-state index contributed by atoms with van der Waals surface area (Å²) >= 11 is 5.99. The molecule has 0 radical (unpaired) electrons. The Kier molecular flexibility index (Phi) is 5.01. The van der Waals surface area contributed by atoms with Crippen molar-refractivity contribution in [2.75, 3.05) is 5.32 Å². The largest absolute Gasteiger partial charge is 0.489 e. The van der Waals surface area contributed by atoms with E-state index in [1.807, 2.05) is 50.2 Å². The molecule has 3 rings (SSSR count). The van der Waals surface area contributed by atoms with Crippen LogP contribution < -0.4 is 10.1 Å². The number of hydrogen-bond donors (Lipinski definition) is 1. The first kappa shape index (κ1) is 16.3. The van der Waals surface area contributed by atoms with Gasteiger partial charge in [-0.1, -0.05) is 29.8 Å². The number of benzene rings is 2. The lowest BCUT2D eigenvalue weighted by Gasteiger charge is -2.14. The summed E-state index contributed by atoms with van der Waals surface area (Å²) in [6.45, 7) is 4.39. The Morgan fingerprint density at radius 1 is 1.12 bits per heavy atom. The fraction of sp³-hybridized carbons (Fsp3) is 0.222. The van der Waals surface area contributed by atoms with Crippen molar-refractivity contribution in [3.63, 3.8) is 0 Å². The molecule has 24 heavy (non-hydrogen) atoms. The molecule has 0 unspecified atom stereocenters. The smallest absolute Gasteiger partial charge is 0.247 e. The van der Waals surface area contributed by atoms with Gasteiger partial charge < -0.3 is 14.5 Å². The second kappa shape index (κ2) is 7.36. The molecule has 0 aliphatic carbocycles. The van der Waals surface area contributed by atoms with E-state index in [0.717, 1.165) is 17.0 Å². The molecule has 124 valence electrons. The molecule has 0 bridgehead atoms. The molecule has 1 heterocycles.